The van der Waals surface area contributed by atoms with Gasteiger partial charge < -0.3 is 20.5 Å². The second kappa shape index (κ2) is 13.0. The van der Waals surface area contributed by atoms with E-state index in [2.05, 4.69) is 22.5 Å². The van der Waals surface area contributed by atoms with Crippen molar-refractivity contribution in [3.05, 3.63) is 83.4 Å². The lowest BCUT2D eigenvalue weighted by atomic mass is 10.1. The zero-order valence-corrected chi connectivity index (χ0v) is 20.7. The normalized spacial score (nSPS) is 10.1. The van der Waals surface area contributed by atoms with Gasteiger partial charge in [-0.2, -0.15) is 0 Å². The Kier molecular flexibility index (Phi) is 9.51. The molecule has 0 aromatic heterocycles. The van der Waals surface area contributed by atoms with Crippen LogP contribution in [0.4, 0.5) is 16.2 Å². The lowest BCUT2D eigenvalue weighted by Crippen LogP contribution is -2.18. The predicted molar refractivity (Wildman–Crippen MR) is 142 cm³/mol. The molecule has 0 aliphatic heterocycles. The van der Waals surface area contributed by atoms with Crippen LogP contribution in [0.1, 0.15) is 21.5 Å². The fraction of sp³-hybridized carbons (Fsp3) is 0.148. The average Bonchev–Trinajstić information content (AvgIpc) is 2.87. The maximum absolute atomic E-state index is 12.1. The van der Waals surface area contributed by atoms with Crippen LogP contribution < -0.4 is 16.4 Å². The molecule has 9 heteroatoms. The number of carbonyl (C=O) groups excluding carboxylic acids is 2. The first-order valence-corrected chi connectivity index (χ1v) is 11.7. The highest BCUT2D eigenvalue weighted by atomic mass is 32.2. The van der Waals surface area contributed by atoms with E-state index in [0.29, 0.717) is 34.7 Å². The van der Waals surface area contributed by atoms with Crippen molar-refractivity contribution >= 4 is 40.8 Å². The molecule has 0 heterocycles. The Labute approximate surface area is 214 Å². The van der Waals surface area contributed by atoms with Crippen LogP contribution >= 0.6 is 11.8 Å². The van der Waals surface area contributed by atoms with E-state index in [9.17, 15) is 9.59 Å². The van der Waals surface area contributed by atoms with Crippen LogP contribution in [-0.4, -0.2) is 45.1 Å². The van der Waals surface area contributed by atoms with Crippen molar-refractivity contribution in [2.75, 3.05) is 38.4 Å². The Balaban J connectivity index is 1.69. The summed E-state index contributed by atoms with van der Waals surface area (Å²) >= 11 is 1.42. The summed E-state index contributed by atoms with van der Waals surface area (Å²) in [6, 6.07) is 19.6. The molecule has 2 amide bonds. The standard InChI is InChI=1S/C27H26N4O4S/c1-30-26(32)22-8-3-4-9-25(22)36-20-11-12-21(24(29)17-20)23(28)13-10-18-6-5-7-19(16-18)31-27(33)35-15-14-34-2/h3-9,11-12,16-17,28H,14-15,29H2,1-2H3,(H,30,32)(H,31,33). The van der Waals surface area contributed by atoms with Crippen molar-refractivity contribution in [3.8, 4) is 11.8 Å². The van der Waals surface area contributed by atoms with Crippen LogP contribution in [0.3, 0.4) is 0 Å². The second-order valence-corrected chi connectivity index (χ2v) is 8.50. The van der Waals surface area contributed by atoms with Gasteiger partial charge in [-0.1, -0.05) is 35.9 Å². The highest BCUT2D eigenvalue weighted by Crippen LogP contribution is 2.32. The third kappa shape index (κ3) is 7.37. The number of rotatable bonds is 8. The van der Waals surface area contributed by atoms with Crippen molar-refractivity contribution in [2.45, 2.75) is 9.79 Å². The average molecular weight is 503 g/mol. The number of nitrogens with two attached hydrogens (primary N) is 1. The number of nitrogen functional groups attached to an aromatic ring is 1. The summed E-state index contributed by atoms with van der Waals surface area (Å²) in [5.74, 6) is 5.57. The van der Waals surface area contributed by atoms with E-state index in [1.54, 1.807) is 49.5 Å². The van der Waals surface area contributed by atoms with Gasteiger partial charge in [-0.3, -0.25) is 15.5 Å². The monoisotopic (exact) mass is 502 g/mol. The highest BCUT2D eigenvalue weighted by molar-refractivity contribution is 7.99. The molecule has 0 radical (unpaired) electrons. The first-order chi connectivity index (χ1) is 17.4. The van der Waals surface area contributed by atoms with E-state index in [1.807, 2.05) is 24.3 Å². The molecule has 5 N–H and O–H groups in total. The molecule has 184 valence electrons. The van der Waals surface area contributed by atoms with E-state index in [4.69, 9.17) is 20.6 Å². The topological polar surface area (TPSA) is 127 Å². The Morgan fingerprint density at radius 2 is 1.83 bits per heavy atom. The quantitative estimate of drug-likeness (QED) is 0.157. The number of carbonyl (C=O) groups is 2. The van der Waals surface area contributed by atoms with E-state index in [0.717, 1.165) is 9.79 Å². The van der Waals surface area contributed by atoms with Gasteiger partial charge in [-0.25, -0.2) is 4.79 Å². The molecule has 36 heavy (non-hydrogen) atoms. The summed E-state index contributed by atoms with van der Waals surface area (Å²) in [7, 11) is 3.12. The number of hydrogen-bond acceptors (Lipinski definition) is 7. The number of anilines is 2. The SMILES string of the molecule is CNC(=O)c1ccccc1Sc1ccc(C(=N)C#Cc2cccc(NC(=O)OCCOC)c2)c(N)c1. The number of hydrogen-bond donors (Lipinski definition) is 4. The van der Waals surface area contributed by atoms with Crippen molar-refractivity contribution < 1.29 is 19.1 Å². The fourth-order valence-corrected chi connectivity index (χ4v) is 4.08. The van der Waals surface area contributed by atoms with Gasteiger partial charge in [0.15, 0.2) is 0 Å². The third-order valence-electron chi connectivity index (χ3n) is 4.84. The van der Waals surface area contributed by atoms with Crippen LogP contribution in [0.5, 0.6) is 0 Å². The first kappa shape index (κ1) is 26.3. The summed E-state index contributed by atoms with van der Waals surface area (Å²) in [6.07, 6.45) is -0.589. The molecule has 0 spiro atoms. The highest BCUT2D eigenvalue weighted by Gasteiger charge is 2.12. The molecule has 0 saturated heterocycles. The van der Waals surface area contributed by atoms with Crippen LogP contribution in [0, 0.1) is 17.3 Å². The summed E-state index contributed by atoms with van der Waals surface area (Å²) in [5.41, 5.74) is 8.91. The number of methoxy groups -OCH3 is 1. The molecule has 8 nitrogen and oxygen atoms in total. The molecule has 0 bridgehead atoms. The molecule has 0 aliphatic carbocycles. The molecular formula is C27H26N4O4S. The fourth-order valence-electron chi connectivity index (χ4n) is 3.09. The summed E-state index contributed by atoms with van der Waals surface area (Å²) < 4.78 is 9.83. The number of benzene rings is 3. The predicted octanol–water partition coefficient (Wildman–Crippen LogP) is 4.39. The van der Waals surface area contributed by atoms with Crippen LogP contribution in [0.2, 0.25) is 0 Å². The Morgan fingerprint density at radius 1 is 1.03 bits per heavy atom. The number of ether oxygens (including phenoxy) is 2. The molecule has 3 aromatic carbocycles. The minimum atomic E-state index is -0.589. The second-order valence-electron chi connectivity index (χ2n) is 7.39. The van der Waals surface area contributed by atoms with E-state index >= 15 is 0 Å². The van der Waals surface area contributed by atoms with E-state index in [1.165, 1.54) is 18.9 Å². The van der Waals surface area contributed by atoms with Gasteiger partial charge in [-0.05, 0) is 54.5 Å². The van der Waals surface area contributed by atoms with Crippen LogP contribution in [-0.2, 0) is 9.47 Å². The molecule has 3 rings (SSSR count). The zero-order chi connectivity index (χ0) is 25.9. The Hall–Kier alpha value is -4.26. The number of amides is 2. The van der Waals surface area contributed by atoms with Crippen LogP contribution in [0.15, 0.2) is 76.5 Å². The van der Waals surface area contributed by atoms with Crippen molar-refractivity contribution in [1.29, 1.82) is 5.41 Å². The molecular weight excluding hydrogens is 476 g/mol. The first-order valence-electron chi connectivity index (χ1n) is 10.9. The van der Waals surface area contributed by atoms with Crippen LogP contribution in [0.25, 0.3) is 0 Å². The minimum Gasteiger partial charge on any atom is -0.447 e. The Morgan fingerprint density at radius 3 is 2.58 bits per heavy atom. The van der Waals surface area contributed by atoms with Gasteiger partial charge >= 0.3 is 6.09 Å². The van der Waals surface area contributed by atoms with Crippen molar-refractivity contribution in [1.82, 2.24) is 5.32 Å². The summed E-state index contributed by atoms with van der Waals surface area (Å²) in [4.78, 5) is 25.6. The molecule has 0 fully saturated rings. The maximum Gasteiger partial charge on any atom is 0.411 e. The summed E-state index contributed by atoms with van der Waals surface area (Å²) in [5, 5.41) is 13.6. The lowest BCUT2D eigenvalue weighted by Gasteiger charge is -2.10. The van der Waals surface area contributed by atoms with Crippen molar-refractivity contribution in [3.63, 3.8) is 0 Å². The summed E-state index contributed by atoms with van der Waals surface area (Å²) in [6.45, 7) is 0.464. The largest absolute Gasteiger partial charge is 0.447 e. The molecule has 3 aromatic rings. The van der Waals surface area contributed by atoms with E-state index in [-0.39, 0.29) is 18.2 Å². The van der Waals surface area contributed by atoms with E-state index < -0.39 is 6.09 Å². The molecule has 0 atom stereocenters. The Bertz CT molecular complexity index is 1330. The van der Waals surface area contributed by atoms with Gasteiger partial charge in [0.2, 0.25) is 0 Å². The maximum atomic E-state index is 12.1. The zero-order valence-electron chi connectivity index (χ0n) is 19.9. The van der Waals surface area contributed by atoms with Crippen molar-refractivity contribution in [2.24, 2.45) is 0 Å². The van der Waals surface area contributed by atoms with Gasteiger partial charge in [-0.15, -0.1) is 0 Å². The molecule has 0 saturated carbocycles. The third-order valence-corrected chi connectivity index (χ3v) is 5.91. The van der Waals surface area contributed by atoms with Gasteiger partial charge in [0, 0.05) is 46.5 Å². The number of nitrogens with one attached hydrogen (secondary N) is 3. The van der Waals surface area contributed by atoms with Gasteiger partial charge in [0.1, 0.15) is 12.3 Å². The molecule has 0 unspecified atom stereocenters. The minimum absolute atomic E-state index is 0.0622. The van der Waals surface area contributed by atoms with Gasteiger partial charge in [0.25, 0.3) is 5.91 Å². The van der Waals surface area contributed by atoms with Gasteiger partial charge in [0.05, 0.1) is 12.2 Å². The lowest BCUT2D eigenvalue weighted by molar-refractivity contribution is 0.0960. The molecule has 0 aliphatic rings. The smallest absolute Gasteiger partial charge is 0.411 e.